The van der Waals surface area contributed by atoms with Crippen molar-refractivity contribution in [1.82, 2.24) is 4.90 Å². The van der Waals surface area contributed by atoms with Crippen molar-refractivity contribution in [2.45, 2.75) is 32.2 Å². The van der Waals surface area contributed by atoms with Gasteiger partial charge < -0.3 is 0 Å². The number of nitriles is 1. The summed E-state index contributed by atoms with van der Waals surface area (Å²) in [5, 5.41) is 9.50. The molecule has 22 heavy (non-hydrogen) atoms. The molecule has 2 heteroatoms. The molecule has 1 heterocycles. The van der Waals surface area contributed by atoms with E-state index in [2.05, 4.69) is 42.2 Å². The molecule has 0 aromatic heterocycles. The van der Waals surface area contributed by atoms with Gasteiger partial charge in [-0.1, -0.05) is 37.3 Å². The van der Waals surface area contributed by atoms with Crippen molar-refractivity contribution >= 4 is 0 Å². The Bertz CT molecular complexity index is 770. The third-order valence-corrected chi connectivity index (χ3v) is 5.10. The van der Waals surface area contributed by atoms with E-state index in [9.17, 15) is 5.26 Å². The van der Waals surface area contributed by atoms with Crippen LogP contribution in [0, 0.1) is 11.3 Å². The monoisotopic (exact) mass is 288 g/mol. The molecule has 2 aromatic carbocycles. The van der Waals surface area contributed by atoms with E-state index in [4.69, 9.17) is 0 Å². The van der Waals surface area contributed by atoms with Gasteiger partial charge in [-0.2, -0.15) is 5.26 Å². The van der Waals surface area contributed by atoms with Crippen LogP contribution in [0.15, 0.2) is 36.4 Å². The van der Waals surface area contributed by atoms with Crippen LogP contribution in [0.4, 0.5) is 0 Å². The predicted molar refractivity (Wildman–Crippen MR) is 88.6 cm³/mol. The summed E-state index contributed by atoms with van der Waals surface area (Å²) in [6, 6.07) is 15.7. The largest absolute Gasteiger partial charge is 0.296 e. The highest BCUT2D eigenvalue weighted by Gasteiger charge is 2.34. The van der Waals surface area contributed by atoms with Gasteiger partial charge in [-0.25, -0.2) is 0 Å². The molecule has 0 fully saturated rings. The first-order valence-corrected chi connectivity index (χ1v) is 8.21. The number of rotatable bonds is 2. The molecule has 2 aliphatic rings. The van der Waals surface area contributed by atoms with E-state index in [0.29, 0.717) is 6.04 Å². The lowest BCUT2D eigenvalue weighted by atomic mass is 9.76. The minimum absolute atomic E-state index is 0.487. The van der Waals surface area contributed by atoms with Gasteiger partial charge in [-0.05, 0) is 54.1 Å². The molecule has 2 nitrogen and oxygen atoms in total. The van der Waals surface area contributed by atoms with Gasteiger partial charge in [0.15, 0.2) is 0 Å². The number of nitrogens with zero attached hydrogens (tertiary/aromatic N) is 2. The second-order valence-electron chi connectivity index (χ2n) is 6.34. The summed E-state index contributed by atoms with van der Waals surface area (Å²) < 4.78 is 0. The van der Waals surface area contributed by atoms with Gasteiger partial charge in [0.05, 0.1) is 11.6 Å². The third-order valence-electron chi connectivity index (χ3n) is 5.10. The number of hydrogen-bond acceptors (Lipinski definition) is 2. The van der Waals surface area contributed by atoms with Crippen LogP contribution in [0.2, 0.25) is 0 Å². The highest BCUT2D eigenvalue weighted by molar-refractivity contribution is 5.80. The first kappa shape index (κ1) is 13.5. The molecule has 2 aromatic rings. The molecule has 4 rings (SSSR count). The Morgan fingerprint density at radius 1 is 1.18 bits per heavy atom. The topological polar surface area (TPSA) is 27.0 Å². The maximum atomic E-state index is 9.50. The van der Waals surface area contributed by atoms with E-state index in [0.717, 1.165) is 31.5 Å². The molecule has 0 radical (unpaired) electrons. The zero-order valence-electron chi connectivity index (χ0n) is 13.0. The molecule has 1 aliphatic heterocycles. The van der Waals surface area contributed by atoms with Crippen molar-refractivity contribution < 1.29 is 0 Å². The van der Waals surface area contributed by atoms with E-state index in [1.165, 1.54) is 34.2 Å². The summed E-state index contributed by atoms with van der Waals surface area (Å²) in [4.78, 5) is 2.63. The van der Waals surface area contributed by atoms with Crippen molar-refractivity contribution in [3.63, 3.8) is 0 Å². The third kappa shape index (κ3) is 1.90. The predicted octanol–water partition coefficient (Wildman–Crippen LogP) is 4.09. The second-order valence-corrected chi connectivity index (χ2v) is 6.34. The average molecular weight is 288 g/mol. The average Bonchev–Trinajstić information content (AvgIpc) is 2.57. The molecule has 1 aliphatic carbocycles. The molecule has 0 saturated heterocycles. The lowest BCUT2D eigenvalue weighted by Gasteiger charge is -2.41. The fourth-order valence-electron chi connectivity index (χ4n) is 4.22. The lowest BCUT2D eigenvalue weighted by molar-refractivity contribution is 0.183. The first-order chi connectivity index (χ1) is 10.8. The van der Waals surface area contributed by atoms with Crippen LogP contribution in [0.1, 0.15) is 41.6 Å². The van der Waals surface area contributed by atoms with Crippen molar-refractivity contribution in [2.24, 2.45) is 0 Å². The number of hydrogen-bond donors (Lipinski definition) is 0. The van der Waals surface area contributed by atoms with Crippen LogP contribution >= 0.6 is 0 Å². The van der Waals surface area contributed by atoms with Gasteiger partial charge in [-0.3, -0.25) is 4.90 Å². The quantitative estimate of drug-likeness (QED) is 0.832. The smallest absolute Gasteiger partial charge is 0.0998 e. The van der Waals surface area contributed by atoms with Gasteiger partial charge in [0.25, 0.3) is 0 Å². The van der Waals surface area contributed by atoms with Crippen molar-refractivity contribution in [1.29, 1.82) is 5.26 Å². The Hall–Kier alpha value is -2.11. The molecule has 1 atom stereocenters. The van der Waals surface area contributed by atoms with E-state index < -0.39 is 0 Å². The first-order valence-electron chi connectivity index (χ1n) is 8.21. The Balaban J connectivity index is 1.95. The Labute approximate surface area is 132 Å². The van der Waals surface area contributed by atoms with E-state index in [-0.39, 0.29) is 0 Å². The fourth-order valence-corrected chi connectivity index (χ4v) is 4.22. The zero-order valence-corrected chi connectivity index (χ0v) is 13.0. The van der Waals surface area contributed by atoms with E-state index in [1.54, 1.807) is 0 Å². The van der Waals surface area contributed by atoms with Gasteiger partial charge in [-0.15, -0.1) is 0 Å². The summed E-state index contributed by atoms with van der Waals surface area (Å²) in [7, 11) is 0. The fraction of sp³-hybridized carbons (Fsp3) is 0.350. The molecular weight excluding hydrogens is 268 g/mol. The van der Waals surface area contributed by atoms with Gasteiger partial charge in [0, 0.05) is 18.2 Å². The highest BCUT2D eigenvalue weighted by atomic mass is 15.2. The highest BCUT2D eigenvalue weighted by Crippen LogP contribution is 2.46. The summed E-state index contributed by atoms with van der Waals surface area (Å²) in [5.74, 6) is 0. The summed E-state index contributed by atoms with van der Waals surface area (Å²) >= 11 is 0. The van der Waals surface area contributed by atoms with Crippen LogP contribution in [-0.4, -0.2) is 18.0 Å². The van der Waals surface area contributed by atoms with E-state index >= 15 is 0 Å². The molecule has 0 bridgehead atoms. The summed E-state index contributed by atoms with van der Waals surface area (Å²) in [5.41, 5.74) is 7.58. The molecule has 110 valence electrons. The molecule has 0 N–H and O–H groups in total. The van der Waals surface area contributed by atoms with Crippen LogP contribution in [-0.2, 0) is 12.8 Å². The van der Waals surface area contributed by atoms with Crippen LogP contribution in [0.3, 0.4) is 0 Å². The Kier molecular flexibility index (Phi) is 3.24. The summed E-state index contributed by atoms with van der Waals surface area (Å²) in [6.45, 7) is 4.57. The number of fused-ring (bicyclic) bond motifs is 2. The van der Waals surface area contributed by atoms with Gasteiger partial charge >= 0.3 is 0 Å². The molecule has 0 unspecified atom stereocenters. The van der Waals surface area contributed by atoms with Gasteiger partial charge in [0.2, 0.25) is 0 Å². The zero-order chi connectivity index (χ0) is 15.1. The van der Waals surface area contributed by atoms with Crippen LogP contribution in [0.25, 0.3) is 11.1 Å². The van der Waals surface area contributed by atoms with Crippen molar-refractivity contribution in [3.8, 4) is 17.2 Å². The minimum Gasteiger partial charge on any atom is -0.296 e. The Morgan fingerprint density at radius 3 is 2.82 bits per heavy atom. The van der Waals surface area contributed by atoms with E-state index in [1.807, 2.05) is 12.1 Å². The molecule has 0 amide bonds. The van der Waals surface area contributed by atoms with Crippen molar-refractivity contribution in [3.05, 3.63) is 58.7 Å². The molecular formula is C20H20N2. The molecule has 0 saturated carbocycles. The standard InChI is InChI=1S/C20H20N2/c1-2-10-22-11-9-14-5-4-8-17-19-15(12-18(22)20(14)17)6-3-7-16(19)13-21/h3-8,18H,2,9-12H2,1H3/t18-/m1/s1. The Morgan fingerprint density at radius 2 is 2.00 bits per heavy atom. The van der Waals surface area contributed by atoms with Gasteiger partial charge in [0.1, 0.15) is 0 Å². The second kappa shape index (κ2) is 5.26. The van der Waals surface area contributed by atoms with Crippen LogP contribution in [0.5, 0.6) is 0 Å². The van der Waals surface area contributed by atoms with Crippen molar-refractivity contribution in [2.75, 3.05) is 13.1 Å². The SMILES string of the molecule is CCCN1CCc2cccc3c2[C@H]1Cc1cccc(C#N)c1-3. The minimum atomic E-state index is 0.487. The van der Waals surface area contributed by atoms with Crippen LogP contribution < -0.4 is 0 Å². The normalized spacial score (nSPS) is 19.2. The lowest BCUT2D eigenvalue weighted by Crippen LogP contribution is -2.38. The maximum absolute atomic E-state index is 9.50. The number of benzene rings is 2. The maximum Gasteiger partial charge on any atom is 0.0998 e. The molecule has 0 spiro atoms. The summed E-state index contributed by atoms with van der Waals surface area (Å²) in [6.07, 6.45) is 3.36.